The van der Waals surface area contributed by atoms with Gasteiger partial charge in [-0.2, -0.15) is 0 Å². The van der Waals surface area contributed by atoms with Gasteiger partial charge in [0.05, 0.1) is 0 Å². The molecule has 0 aliphatic heterocycles. The summed E-state index contributed by atoms with van der Waals surface area (Å²) in [5.41, 5.74) is -1.00. The van der Waals surface area contributed by atoms with E-state index in [1.54, 1.807) is 0 Å². The van der Waals surface area contributed by atoms with Crippen molar-refractivity contribution in [2.45, 2.75) is 6.43 Å². The van der Waals surface area contributed by atoms with Crippen LogP contribution < -0.4 is 0 Å². The van der Waals surface area contributed by atoms with Crippen LogP contribution in [0.1, 0.15) is 12.1 Å². The zero-order valence-corrected chi connectivity index (χ0v) is 8.03. The molecule has 0 bridgehead atoms. The second-order valence-electron chi connectivity index (χ2n) is 2.26. The van der Waals surface area contributed by atoms with Crippen LogP contribution in [-0.2, 0) is 0 Å². The lowest BCUT2D eigenvalue weighted by Crippen LogP contribution is -1.98. The second-order valence-corrected chi connectivity index (χ2v) is 3.11. The van der Waals surface area contributed by atoms with Gasteiger partial charge in [-0.3, -0.25) is 0 Å². The molecule has 0 atom stereocenters. The van der Waals surface area contributed by atoms with Crippen molar-refractivity contribution >= 4 is 21.7 Å². The van der Waals surface area contributed by atoms with Crippen molar-refractivity contribution < 1.29 is 18.8 Å². The van der Waals surface area contributed by atoms with E-state index in [0.717, 1.165) is 6.07 Å². The van der Waals surface area contributed by atoms with E-state index < -0.39 is 28.6 Å². The van der Waals surface area contributed by atoms with Crippen LogP contribution >= 0.6 is 15.9 Å². The van der Waals surface area contributed by atoms with Crippen molar-refractivity contribution in [2.24, 2.45) is 0 Å². The van der Waals surface area contributed by atoms with Crippen molar-refractivity contribution in [3.05, 3.63) is 26.3 Å². The number of hydrogen-bond acceptors (Lipinski definition) is 4. The molecule has 8 heteroatoms. The average Bonchev–Trinajstić information content (AvgIpc) is 2.02. The van der Waals surface area contributed by atoms with Gasteiger partial charge in [-0.15, -0.1) is 0 Å². The standard InChI is InChI=1S/C6H3BrF2N2O3/c7-2-1-3(12)4(5(8)9)10-6(2)11(13)14/h1,5,12H. The number of pyridine rings is 1. The number of nitro groups is 1. The molecule has 0 amide bonds. The lowest BCUT2D eigenvalue weighted by molar-refractivity contribution is -0.390. The molecule has 0 saturated carbocycles. The maximum absolute atomic E-state index is 12.1. The Hall–Kier alpha value is -1.31. The number of hydrogen-bond donors (Lipinski definition) is 1. The lowest BCUT2D eigenvalue weighted by Gasteiger charge is -2.00. The molecule has 0 aliphatic rings. The Morgan fingerprint density at radius 3 is 2.64 bits per heavy atom. The highest BCUT2D eigenvalue weighted by atomic mass is 79.9. The van der Waals surface area contributed by atoms with Gasteiger partial charge < -0.3 is 15.2 Å². The van der Waals surface area contributed by atoms with E-state index in [-0.39, 0.29) is 4.47 Å². The van der Waals surface area contributed by atoms with Crippen LogP contribution in [-0.4, -0.2) is 15.0 Å². The first kappa shape index (κ1) is 10.8. The summed E-state index contributed by atoms with van der Waals surface area (Å²) in [5, 5.41) is 19.3. The molecule has 14 heavy (non-hydrogen) atoms. The highest BCUT2D eigenvalue weighted by molar-refractivity contribution is 9.10. The Morgan fingerprint density at radius 2 is 2.21 bits per heavy atom. The summed E-state index contributed by atoms with van der Waals surface area (Å²) in [7, 11) is 0. The van der Waals surface area contributed by atoms with E-state index in [2.05, 4.69) is 20.9 Å². The van der Waals surface area contributed by atoms with Crippen molar-refractivity contribution in [3.8, 4) is 5.75 Å². The maximum atomic E-state index is 12.1. The van der Waals surface area contributed by atoms with Gasteiger partial charge in [0.15, 0.2) is 5.75 Å². The Bertz CT molecular complexity index is 386. The van der Waals surface area contributed by atoms with E-state index in [4.69, 9.17) is 5.11 Å². The largest absolute Gasteiger partial charge is 0.504 e. The van der Waals surface area contributed by atoms with Crippen LogP contribution in [0.25, 0.3) is 0 Å². The smallest absolute Gasteiger partial charge is 0.378 e. The minimum Gasteiger partial charge on any atom is -0.504 e. The van der Waals surface area contributed by atoms with Gasteiger partial charge >= 0.3 is 12.2 Å². The van der Waals surface area contributed by atoms with E-state index >= 15 is 0 Å². The number of alkyl halides is 2. The van der Waals surface area contributed by atoms with Crippen LogP contribution in [0.4, 0.5) is 14.6 Å². The monoisotopic (exact) mass is 268 g/mol. The number of nitrogens with zero attached hydrogens (tertiary/aromatic N) is 2. The fourth-order valence-electron chi connectivity index (χ4n) is 0.772. The van der Waals surface area contributed by atoms with Gasteiger partial charge in [0.2, 0.25) is 0 Å². The molecular weight excluding hydrogens is 266 g/mol. The molecule has 0 unspecified atom stereocenters. The third kappa shape index (κ3) is 1.95. The van der Waals surface area contributed by atoms with Crippen LogP contribution in [0.5, 0.6) is 5.75 Å². The van der Waals surface area contributed by atoms with E-state index in [9.17, 15) is 18.9 Å². The molecule has 0 fully saturated rings. The van der Waals surface area contributed by atoms with E-state index in [1.165, 1.54) is 0 Å². The van der Waals surface area contributed by atoms with Gasteiger partial charge in [0.1, 0.15) is 4.47 Å². The number of halogens is 3. The third-order valence-electron chi connectivity index (χ3n) is 1.35. The van der Waals surface area contributed by atoms with Gasteiger partial charge in [0, 0.05) is 6.07 Å². The SMILES string of the molecule is O=[N+]([O-])c1nc(C(F)F)c(O)cc1Br. The zero-order valence-electron chi connectivity index (χ0n) is 6.45. The fourth-order valence-corrected chi connectivity index (χ4v) is 1.22. The van der Waals surface area contributed by atoms with Crippen LogP contribution in [0.2, 0.25) is 0 Å². The summed E-state index contributed by atoms with van der Waals surface area (Å²) in [6.07, 6.45) is -3.05. The topological polar surface area (TPSA) is 76.3 Å². The van der Waals surface area contributed by atoms with E-state index in [0.29, 0.717) is 0 Å². The molecule has 1 aromatic heterocycles. The fraction of sp³-hybridized carbons (Fsp3) is 0.167. The van der Waals surface area contributed by atoms with Gasteiger partial charge in [-0.05, 0) is 25.8 Å². The number of rotatable bonds is 2. The first-order valence-electron chi connectivity index (χ1n) is 3.25. The zero-order chi connectivity index (χ0) is 10.9. The summed E-state index contributed by atoms with van der Waals surface area (Å²) in [5.74, 6) is -1.53. The molecular formula is C6H3BrF2N2O3. The molecule has 1 rings (SSSR count). The summed E-state index contributed by atoms with van der Waals surface area (Å²) in [6.45, 7) is 0. The van der Waals surface area contributed by atoms with Crippen LogP contribution in [0.15, 0.2) is 10.5 Å². The molecule has 1 N–H and O–H groups in total. The summed E-state index contributed by atoms with van der Waals surface area (Å²) in [6, 6.07) is 0.812. The first-order chi connectivity index (χ1) is 6.43. The molecule has 0 aliphatic carbocycles. The number of aromatic hydroxyl groups is 1. The molecule has 0 radical (unpaired) electrons. The molecule has 0 spiro atoms. The summed E-state index contributed by atoms with van der Waals surface area (Å²) in [4.78, 5) is 12.4. The summed E-state index contributed by atoms with van der Waals surface area (Å²) >= 11 is 2.72. The van der Waals surface area contributed by atoms with Crippen LogP contribution in [0.3, 0.4) is 0 Å². The Kier molecular flexibility index (Phi) is 2.94. The third-order valence-corrected chi connectivity index (χ3v) is 1.93. The first-order valence-corrected chi connectivity index (χ1v) is 4.04. The lowest BCUT2D eigenvalue weighted by atomic mass is 10.3. The van der Waals surface area contributed by atoms with Gasteiger partial charge in [0.25, 0.3) is 5.69 Å². The normalized spacial score (nSPS) is 10.6. The van der Waals surface area contributed by atoms with Crippen molar-refractivity contribution in [1.82, 2.24) is 4.98 Å². The molecule has 0 saturated heterocycles. The predicted molar refractivity (Wildman–Crippen MR) is 45.2 cm³/mol. The highest BCUT2D eigenvalue weighted by Crippen LogP contribution is 2.33. The van der Waals surface area contributed by atoms with Crippen molar-refractivity contribution in [1.29, 1.82) is 0 Å². The average molecular weight is 269 g/mol. The minimum atomic E-state index is -3.05. The quantitative estimate of drug-likeness (QED) is 0.660. The van der Waals surface area contributed by atoms with Crippen LogP contribution in [0, 0.1) is 10.1 Å². The van der Waals surface area contributed by atoms with E-state index in [1.807, 2.05) is 0 Å². The number of aromatic nitrogens is 1. The minimum absolute atomic E-state index is 0.149. The predicted octanol–water partition coefficient (Wildman–Crippen LogP) is 2.40. The Morgan fingerprint density at radius 1 is 1.64 bits per heavy atom. The maximum Gasteiger partial charge on any atom is 0.378 e. The molecule has 5 nitrogen and oxygen atoms in total. The second kappa shape index (κ2) is 3.82. The molecule has 76 valence electrons. The Labute approximate surface area is 84.7 Å². The molecule has 1 heterocycles. The van der Waals surface area contributed by atoms with Crippen molar-refractivity contribution in [2.75, 3.05) is 0 Å². The molecule has 0 aromatic carbocycles. The Balaban J connectivity index is 3.34. The van der Waals surface area contributed by atoms with Crippen molar-refractivity contribution in [3.63, 3.8) is 0 Å². The summed E-state index contributed by atoms with van der Waals surface area (Å²) < 4.78 is 24.1. The van der Waals surface area contributed by atoms with Gasteiger partial charge in [-0.25, -0.2) is 8.78 Å². The van der Waals surface area contributed by atoms with Gasteiger partial charge in [-0.1, -0.05) is 0 Å². The molecule has 1 aromatic rings. The highest BCUT2D eigenvalue weighted by Gasteiger charge is 2.26.